The molecule has 4 heterocycles. The summed E-state index contributed by atoms with van der Waals surface area (Å²) in [4.78, 5) is 13.2. The summed E-state index contributed by atoms with van der Waals surface area (Å²) in [5.41, 5.74) is -1.97. The van der Waals surface area contributed by atoms with Crippen LogP contribution in [0.2, 0.25) is 0 Å². The Morgan fingerprint density at radius 3 is 1.95 bits per heavy atom. The van der Waals surface area contributed by atoms with Crippen molar-refractivity contribution in [3.05, 3.63) is 60.8 Å². The fourth-order valence-electron chi connectivity index (χ4n) is 8.89. The minimum Gasteiger partial charge on any atom is -0.462 e. The number of allylic oxidation sites excluding steroid dienone is 8. The largest absolute Gasteiger partial charge is 0.462 e. The van der Waals surface area contributed by atoms with Gasteiger partial charge in [-0.3, -0.25) is 4.79 Å². The number of hydrogen-bond donors (Lipinski definition) is 10. The minimum absolute atomic E-state index is 0.165. The van der Waals surface area contributed by atoms with Gasteiger partial charge in [0.1, 0.15) is 36.1 Å². The second-order valence-corrected chi connectivity index (χ2v) is 18.3. The molecule has 18 nitrogen and oxygen atoms in total. The Morgan fingerprint density at radius 2 is 1.34 bits per heavy atom. The molecule has 0 spiro atoms. The summed E-state index contributed by atoms with van der Waals surface area (Å²) in [6, 6.07) is 0. The molecule has 0 aliphatic carbocycles. The van der Waals surface area contributed by atoms with Gasteiger partial charge in [0.15, 0.2) is 18.4 Å². The minimum atomic E-state index is -2.24. The van der Waals surface area contributed by atoms with Gasteiger partial charge in [0.05, 0.1) is 61.0 Å². The third-order valence-electron chi connectivity index (χ3n) is 13.0. The van der Waals surface area contributed by atoms with Crippen LogP contribution >= 0.6 is 0 Å². The van der Waals surface area contributed by atoms with Gasteiger partial charge in [-0.05, 0) is 33.6 Å². The van der Waals surface area contributed by atoms with E-state index in [0.717, 1.165) is 0 Å². The highest BCUT2D eigenvalue weighted by Gasteiger charge is 2.54. The van der Waals surface area contributed by atoms with Gasteiger partial charge in [0, 0.05) is 57.5 Å². The first-order valence-corrected chi connectivity index (χ1v) is 22.9. The Bertz CT molecular complexity index is 1590. The fraction of sp³-hybridized carbons (Fsp3) is 0.766. The molecule has 0 aromatic heterocycles. The molecule has 0 radical (unpaired) electrons. The summed E-state index contributed by atoms with van der Waals surface area (Å²) >= 11 is 0. The third-order valence-corrected chi connectivity index (χ3v) is 13.0. The highest BCUT2D eigenvalue weighted by Crippen LogP contribution is 2.40. The summed E-state index contributed by atoms with van der Waals surface area (Å²) in [6.07, 6.45) is -3.38. The molecule has 0 amide bonds. The van der Waals surface area contributed by atoms with Crippen LogP contribution in [0.3, 0.4) is 0 Å². The Morgan fingerprint density at radius 1 is 0.708 bits per heavy atom. The van der Waals surface area contributed by atoms with Gasteiger partial charge in [-0.25, -0.2) is 0 Å². The average Bonchev–Trinajstić information content (AvgIpc) is 3.23. The van der Waals surface area contributed by atoms with Gasteiger partial charge in [-0.15, -0.1) is 0 Å². The molecule has 18 heteroatoms. The number of fused-ring (bicyclic) bond motifs is 2. The highest BCUT2D eigenvalue weighted by molar-refractivity contribution is 5.69. The second kappa shape index (κ2) is 25.2. The predicted molar refractivity (Wildman–Crippen MR) is 234 cm³/mol. The van der Waals surface area contributed by atoms with Crippen molar-refractivity contribution in [2.75, 3.05) is 7.11 Å². The summed E-state index contributed by atoms with van der Waals surface area (Å²) in [5.74, 6) is -3.47. The Labute approximate surface area is 382 Å². The average molecular weight is 929 g/mol. The molecule has 0 saturated carbocycles. The molecule has 10 N–H and O–H groups in total. The lowest BCUT2D eigenvalue weighted by Crippen LogP contribution is -2.63. The first-order valence-electron chi connectivity index (χ1n) is 22.9. The van der Waals surface area contributed by atoms with Gasteiger partial charge in [0.25, 0.3) is 0 Å². The zero-order valence-corrected chi connectivity index (χ0v) is 38.6. The summed E-state index contributed by atoms with van der Waals surface area (Å²) in [5, 5.41) is 109. The van der Waals surface area contributed by atoms with E-state index in [1.54, 1.807) is 49.5 Å². The van der Waals surface area contributed by atoms with Crippen LogP contribution in [0.4, 0.5) is 0 Å². The molecular weight excluding hydrogens is 852 g/mol. The molecule has 0 aromatic carbocycles. The number of carbonyl (C=O) groups excluding carboxylic acids is 1. The van der Waals surface area contributed by atoms with Gasteiger partial charge >= 0.3 is 5.97 Å². The zero-order valence-electron chi connectivity index (χ0n) is 38.6. The van der Waals surface area contributed by atoms with E-state index in [1.165, 1.54) is 21.0 Å². The van der Waals surface area contributed by atoms with Crippen molar-refractivity contribution in [3.63, 3.8) is 0 Å². The number of aliphatic hydroxyl groups excluding tert-OH is 8. The first kappa shape index (κ1) is 55.1. The van der Waals surface area contributed by atoms with Crippen LogP contribution in [0.5, 0.6) is 0 Å². The van der Waals surface area contributed by atoms with E-state index >= 15 is 0 Å². The molecule has 2 bridgehead atoms. The van der Waals surface area contributed by atoms with E-state index in [2.05, 4.69) is 0 Å². The maximum absolute atomic E-state index is 13.2. The number of carbonyl (C=O) groups is 1. The van der Waals surface area contributed by atoms with Crippen LogP contribution in [0.25, 0.3) is 0 Å². The second-order valence-electron chi connectivity index (χ2n) is 18.3. The monoisotopic (exact) mass is 929 g/mol. The third kappa shape index (κ3) is 15.5. The van der Waals surface area contributed by atoms with Crippen molar-refractivity contribution in [2.45, 2.75) is 208 Å². The number of aliphatic hydroxyl groups is 10. The molecule has 21 atom stereocenters. The molecule has 4 rings (SSSR count). The van der Waals surface area contributed by atoms with Crippen LogP contribution in [0.15, 0.2) is 60.8 Å². The standard InChI is InChI=1S/C47H76O18/c1-8-35-27(3)43(64-39-23-34(51)44(59-7)29(5)60-39)26(2)17-15-13-11-9-10-12-14-16-18-31(62-45-42(56)41(55)40(54)28(4)61-45)22-37-46(6,57)36(52)25-47(58,65-37)24-30(48)21-33(50)32(49)19-20-38(53)63-35/h9-18,26-37,39-45,48-52,54-58H,8,19-25H2,1-7H3/b10-9+,13-11+,14-12+,17-15+,18-16+/t26?,27?,28-,29+,30+,31?,32-,33-,34-,35?,36+,37?,39+,40-,41+,42+,43?,44+,45+,46+,47-/m1/s1. The van der Waals surface area contributed by atoms with Crippen LogP contribution in [-0.4, -0.2) is 180 Å². The molecule has 0 aromatic rings. The van der Waals surface area contributed by atoms with Crippen LogP contribution < -0.4 is 0 Å². The van der Waals surface area contributed by atoms with Gasteiger partial charge in [0.2, 0.25) is 0 Å². The predicted octanol–water partition coefficient (Wildman–Crippen LogP) is 1.11. The van der Waals surface area contributed by atoms with Crippen molar-refractivity contribution >= 4 is 5.97 Å². The maximum Gasteiger partial charge on any atom is 0.306 e. The Hall–Kier alpha value is -2.47. The summed E-state index contributed by atoms with van der Waals surface area (Å²) in [6.45, 7) is 10.3. The lowest BCUT2D eigenvalue weighted by atomic mass is 9.80. The number of esters is 1. The normalized spacial score (nSPS) is 48.4. The van der Waals surface area contributed by atoms with Crippen LogP contribution in [0.1, 0.15) is 92.9 Å². The molecule has 4 aliphatic rings. The molecule has 4 aliphatic heterocycles. The summed E-state index contributed by atoms with van der Waals surface area (Å²) in [7, 11) is 1.51. The van der Waals surface area contributed by atoms with Crippen molar-refractivity contribution < 1.29 is 89.0 Å². The number of ether oxygens (including phenoxy) is 7. The van der Waals surface area contributed by atoms with E-state index in [0.29, 0.717) is 6.42 Å². The van der Waals surface area contributed by atoms with Gasteiger partial charge in [-0.1, -0.05) is 81.5 Å². The van der Waals surface area contributed by atoms with E-state index in [-0.39, 0.29) is 37.5 Å². The number of rotatable bonds is 6. The topological polar surface area (TPSA) is 284 Å². The SMILES string of the molecule is CCC1OC(=O)CC[C@@H](O)[C@H](O)C[C@H](O)C[C@]2(O)C[C@H](O)[C@](C)(O)C(CC(O[C@@H]3O[C@H](C)[C@@H](O)[C@H](O)[C@@H]3O)/C=C/C=C/C=C/C=C/C=C/C(C)C(O[C@H]3C[C@@H](O)[C@@H](OC)[C@H](C)O3)C1C)O2. The van der Waals surface area contributed by atoms with E-state index < -0.39 is 141 Å². The molecule has 3 saturated heterocycles. The maximum atomic E-state index is 13.2. The molecular formula is C47H76O18. The fourth-order valence-corrected chi connectivity index (χ4v) is 8.89. The van der Waals surface area contributed by atoms with Crippen molar-refractivity contribution in [1.82, 2.24) is 0 Å². The quantitative estimate of drug-likeness (QED) is 0.167. The van der Waals surface area contributed by atoms with Crippen LogP contribution in [-0.2, 0) is 38.0 Å². The molecule has 6 unspecified atom stereocenters. The highest BCUT2D eigenvalue weighted by atomic mass is 16.7. The number of hydrogen-bond acceptors (Lipinski definition) is 18. The lowest BCUT2D eigenvalue weighted by molar-refractivity contribution is -0.341. The van der Waals surface area contributed by atoms with Crippen molar-refractivity contribution in [3.8, 4) is 0 Å². The van der Waals surface area contributed by atoms with Crippen LogP contribution in [0, 0.1) is 11.8 Å². The van der Waals surface area contributed by atoms with Gasteiger partial charge in [-0.2, -0.15) is 0 Å². The Kier molecular flexibility index (Phi) is 21.4. The number of cyclic esters (lactones) is 1. The summed E-state index contributed by atoms with van der Waals surface area (Å²) < 4.78 is 41.7. The number of methoxy groups -OCH3 is 1. The molecule has 372 valence electrons. The van der Waals surface area contributed by atoms with E-state index in [1.807, 2.05) is 39.0 Å². The zero-order chi connectivity index (χ0) is 48.2. The van der Waals surface area contributed by atoms with E-state index in [9.17, 15) is 55.9 Å². The molecule has 3 fully saturated rings. The van der Waals surface area contributed by atoms with Gasteiger partial charge < -0.3 is 84.2 Å². The lowest BCUT2D eigenvalue weighted by Gasteiger charge is -2.49. The smallest absolute Gasteiger partial charge is 0.306 e. The van der Waals surface area contributed by atoms with E-state index in [4.69, 9.17) is 33.2 Å². The van der Waals surface area contributed by atoms with Crippen molar-refractivity contribution in [2.24, 2.45) is 11.8 Å². The first-order chi connectivity index (χ1) is 30.6. The molecule has 65 heavy (non-hydrogen) atoms. The Balaban J connectivity index is 1.62. The van der Waals surface area contributed by atoms with Crippen molar-refractivity contribution in [1.29, 1.82) is 0 Å².